The van der Waals surface area contributed by atoms with E-state index in [9.17, 15) is 5.11 Å². The van der Waals surface area contributed by atoms with E-state index >= 15 is 0 Å². The molecule has 0 saturated carbocycles. The molecule has 0 spiro atoms. The van der Waals surface area contributed by atoms with E-state index in [-0.39, 0.29) is 6.61 Å². The van der Waals surface area contributed by atoms with Crippen molar-refractivity contribution in [2.24, 2.45) is 0 Å². The molecule has 18 heavy (non-hydrogen) atoms. The number of nitrogens with zero attached hydrogens (tertiary/aromatic N) is 2. The standard InChI is InChI=1S/C13H17BrN2O2/c1-18-8-7-16(6-2-5-15)13-4-3-12(14)9-11(13)10-17/h3-4,9,17H,2,6-8,10H2,1H3. The molecule has 0 unspecified atom stereocenters. The molecule has 0 aliphatic heterocycles. The zero-order valence-electron chi connectivity index (χ0n) is 10.4. The Hall–Kier alpha value is -1.09. The zero-order chi connectivity index (χ0) is 13.4. The summed E-state index contributed by atoms with van der Waals surface area (Å²) >= 11 is 3.38. The molecule has 1 aromatic rings. The van der Waals surface area contributed by atoms with Crippen LogP contribution in [-0.4, -0.2) is 31.9 Å². The van der Waals surface area contributed by atoms with E-state index in [1.54, 1.807) is 7.11 Å². The van der Waals surface area contributed by atoms with Crippen molar-refractivity contribution >= 4 is 21.6 Å². The monoisotopic (exact) mass is 312 g/mol. The molecule has 0 amide bonds. The van der Waals surface area contributed by atoms with Gasteiger partial charge in [0.15, 0.2) is 0 Å². The Labute approximate surface area is 116 Å². The highest BCUT2D eigenvalue weighted by atomic mass is 79.9. The van der Waals surface area contributed by atoms with Gasteiger partial charge in [0.2, 0.25) is 0 Å². The maximum absolute atomic E-state index is 9.40. The first-order valence-electron chi connectivity index (χ1n) is 5.73. The maximum atomic E-state index is 9.40. The molecule has 98 valence electrons. The van der Waals surface area contributed by atoms with Gasteiger partial charge in [-0.05, 0) is 18.2 Å². The molecule has 0 heterocycles. The highest BCUT2D eigenvalue weighted by Gasteiger charge is 2.11. The summed E-state index contributed by atoms with van der Waals surface area (Å²) in [5.41, 5.74) is 1.80. The van der Waals surface area contributed by atoms with Gasteiger partial charge in [0, 0.05) is 35.9 Å². The summed E-state index contributed by atoms with van der Waals surface area (Å²) in [6.07, 6.45) is 0.449. The fraction of sp³-hybridized carbons (Fsp3) is 0.462. The fourth-order valence-electron chi connectivity index (χ4n) is 1.73. The van der Waals surface area contributed by atoms with E-state index in [1.807, 2.05) is 18.2 Å². The van der Waals surface area contributed by atoms with E-state index in [1.165, 1.54) is 0 Å². The molecule has 0 aromatic heterocycles. The minimum Gasteiger partial charge on any atom is -0.392 e. The Morgan fingerprint density at radius 2 is 2.22 bits per heavy atom. The second kappa shape index (κ2) is 8.09. The van der Waals surface area contributed by atoms with Crippen molar-refractivity contribution < 1.29 is 9.84 Å². The smallest absolute Gasteiger partial charge is 0.0702 e. The highest BCUT2D eigenvalue weighted by Crippen LogP contribution is 2.24. The molecule has 0 bridgehead atoms. The van der Waals surface area contributed by atoms with E-state index < -0.39 is 0 Å². The van der Waals surface area contributed by atoms with Gasteiger partial charge in [-0.25, -0.2) is 0 Å². The molecule has 0 saturated heterocycles. The molecule has 0 radical (unpaired) electrons. The summed E-state index contributed by atoms with van der Waals surface area (Å²) < 4.78 is 6.01. The lowest BCUT2D eigenvalue weighted by molar-refractivity contribution is 0.205. The second-order valence-electron chi connectivity index (χ2n) is 3.82. The number of ether oxygens (including phenoxy) is 1. The quantitative estimate of drug-likeness (QED) is 0.839. The molecule has 0 aliphatic rings. The number of aliphatic hydroxyl groups is 1. The summed E-state index contributed by atoms with van der Waals surface area (Å²) in [5, 5.41) is 18.1. The fourth-order valence-corrected chi connectivity index (χ4v) is 2.14. The Balaban J connectivity index is 2.92. The maximum Gasteiger partial charge on any atom is 0.0702 e. The molecule has 5 heteroatoms. The third-order valence-electron chi connectivity index (χ3n) is 2.61. The highest BCUT2D eigenvalue weighted by molar-refractivity contribution is 9.10. The average Bonchev–Trinajstić information content (AvgIpc) is 2.39. The first-order valence-corrected chi connectivity index (χ1v) is 6.52. The predicted molar refractivity (Wildman–Crippen MR) is 74.4 cm³/mol. The van der Waals surface area contributed by atoms with Crippen molar-refractivity contribution in [2.75, 3.05) is 31.7 Å². The van der Waals surface area contributed by atoms with Crippen molar-refractivity contribution in [3.05, 3.63) is 28.2 Å². The lowest BCUT2D eigenvalue weighted by Gasteiger charge is -2.25. The third-order valence-corrected chi connectivity index (χ3v) is 3.10. The number of hydrogen-bond donors (Lipinski definition) is 1. The third kappa shape index (κ3) is 4.30. The summed E-state index contributed by atoms with van der Waals surface area (Å²) in [4.78, 5) is 2.06. The number of halogens is 1. The number of aliphatic hydroxyl groups excluding tert-OH is 1. The normalized spacial score (nSPS) is 10.1. The van der Waals surface area contributed by atoms with Crippen LogP contribution in [0.2, 0.25) is 0 Å². The summed E-state index contributed by atoms with van der Waals surface area (Å²) in [5.74, 6) is 0. The number of hydrogen-bond acceptors (Lipinski definition) is 4. The minimum absolute atomic E-state index is 0.0230. The summed E-state index contributed by atoms with van der Waals surface area (Å²) in [6.45, 7) is 1.90. The lowest BCUT2D eigenvalue weighted by Crippen LogP contribution is -2.29. The van der Waals surface area contributed by atoms with Crippen LogP contribution in [0.4, 0.5) is 5.69 Å². The molecular weight excluding hydrogens is 296 g/mol. The zero-order valence-corrected chi connectivity index (χ0v) is 12.0. The topological polar surface area (TPSA) is 56.5 Å². The largest absolute Gasteiger partial charge is 0.392 e. The van der Waals surface area contributed by atoms with Crippen LogP contribution < -0.4 is 4.90 Å². The van der Waals surface area contributed by atoms with Gasteiger partial charge >= 0.3 is 0 Å². The molecular formula is C13H17BrN2O2. The number of nitriles is 1. The molecule has 1 rings (SSSR count). The number of rotatable bonds is 7. The predicted octanol–water partition coefficient (Wildman–Crippen LogP) is 2.31. The van der Waals surface area contributed by atoms with Crippen LogP contribution in [0.5, 0.6) is 0 Å². The summed E-state index contributed by atoms with van der Waals surface area (Å²) in [6, 6.07) is 7.91. The van der Waals surface area contributed by atoms with Gasteiger partial charge in [-0.2, -0.15) is 5.26 Å². The molecule has 4 nitrogen and oxygen atoms in total. The van der Waals surface area contributed by atoms with Crippen LogP contribution >= 0.6 is 15.9 Å². The van der Waals surface area contributed by atoms with Gasteiger partial charge in [0.05, 0.1) is 25.7 Å². The van der Waals surface area contributed by atoms with Crippen LogP contribution in [-0.2, 0) is 11.3 Å². The summed E-state index contributed by atoms with van der Waals surface area (Å²) in [7, 11) is 1.65. The van der Waals surface area contributed by atoms with Crippen molar-refractivity contribution in [1.29, 1.82) is 5.26 Å². The number of benzene rings is 1. The Kier molecular flexibility index (Phi) is 6.73. The van der Waals surface area contributed by atoms with Crippen LogP contribution in [0.25, 0.3) is 0 Å². The van der Waals surface area contributed by atoms with Crippen LogP contribution in [0.1, 0.15) is 12.0 Å². The van der Waals surface area contributed by atoms with Crippen molar-refractivity contribution in [3.8, 4) is 6.07 Å². The average molecular weight is 313 g/mol. The first kappa shape index (κ1) is 15.0. The van der Waals surface area contributed by atoms with Crippen molar-refractivity contribution in [1.82, 2.24) is 0 Å². The van der Waals surface area contributed by atoms with Crippen LogP contribution in [0.3, 0.4) is 0 Å². The Morgan fingerprint density at radius 3 is 2.83 bits per heavy atom. The molecule has 1 aromatic carbocycles. The molecule has 1 N–H and O–H groups in total. The molecule has 0 aliphatic carbocycles. The second-order valence-corrected chi connectivity index (χ2v) is 4.73. The molecule has 0 fully saturated rings. The van der Waals surface area contributed by atoms with Gasteiger partial charge in [0.25, 0.3) is 0 Å². The lowest BCUT2D eigenvalue weighted by atomic mass is 10.1. The van der Waals surface area contributed by atoms with Gasteiger partial charge in [0.1, 0.15) is 0 Å². The van der Waals surface area contributed by atoms with E-state index in [2.05, 4.69) is 26.9 Å². The van der Waals surface area contributed by atoms with E-state index in [0.717, 1.165) is 15.7 Å². The SMILES string of the molecule is COCCN(CCC#N)c1ccc(Br)cc1CO. The Bertz CT molecular complexity index is 418. The number of anilines is 1. The van der Waals surface area contributed by atoms with Crippen molar-refractivity contribution in [3.63, 3.8) is 0 Å². The number of methoxy groups -OCH3 is 1. The minimum atomic E-state index is -0.0230. The van der Waals surface area contributed by atoms with Gasteiger partial charge in [-0.1, -0.05) is 15.9 Å². The van der Waals surface area contributed by atoms with Gasteiger partial charge < -0.3 is 14.7 Å². The van der Waals surface area contributed by atoms with E-state index in [0.29, 0.717) is 26.1 Å². The first-order chi connectivity index (χ1) is 8.72. The Morgan fingerprint density at radius 1 is 1.44 bits per heavy atom. The van der Waals surface area contributed by atoms with Gasteiger partial charge in [-0.3, -0.25) is 0 Å². The van der Waals surface area contributed by atoms with E-state index in [4.69, 9.17) is 10.00 Å². The molecule has 0 atom stereocenters. The van der Waals surface area contributed by atoms with Crippen LogP contribution in [0.15, 0.2) is 22.7 Å². The van der Waals surface area contributed by atoms with Crippen LogP contribution in [0, 0.1) is 11.3 Å². The van der Waals surface area contributed by atoms with Crippen molar-refractivity contribution in [2.45, 2.75) is 13.0 Å². The van der Waals surface area contributed by atoms with Gasteiger partial charge in [-0.15, -0.1) is 0 Å².